The van der Waals surface area contributed by atoms with Crippen molar-refractivity contribution in [3.63, 3.8) is 0 Å². The molecular weight excluding hydrogens is 1150 g/mol. The standard InChI is InChI=1S/C64H92N8O15S/c1-13-41(4)49(62(82)70(9)52(40(2)3)36-53(87-43(6)73)61-69-51(39-88-61)60(81)67-47(33-42(5)63(83)84)34-44-21-25-48(74)26-22-44)35-54(75)64(7,8)72(10,11)37-45-19-23-46(24-20-45)66-59(80)50(17-14-15-29-65-56(77)38-86-32-31-85-12)68-55(76)18-16-30-71-57(78)27-28-58(71)79/h19-28,39-42,47,49-50,52-53H,13-18,29-38H2,1-12H3,(H5-,65,66,67,68,74,76,77,80,81,83,84)/p+1/t41-,42?,47+,49-,50-,52+,53+/m0/s1. The maximum Gasteiger partial charge on any atom is 0.306 e. The van der Waals surface area contributed by atoms with Gasteiger partial charge in [-0.25, -0.2) is 4.98 Å². The number of esters is 1. The van der Waals surface area contributed by atoms with Gasteiger partial charge in [0.15, 0.2) is 17.4 Å². The average molecular weight is 1250 g/mol. The molecule has 6 N–H and O–H groups in total. The van der Waals surface area contributed by atoms with Crippen molar-refractivity contribution in [2.24, 2.45) is 23.7 Å². The van der Waals surface area contributed by atoms with E-state index in [1.807, 2.05) is 67.8 Å². The number of thiazole rings is 1. The number of carbonyl (C=O) groups excluding carboxylic acids is 9. The van der Waals surface area contributed by atoms with Crippen molar-refractivity contribution in [1.82, 2.24) is 30.7 Å². The van der Waals surface area contributed by atoms with Gasteiger partial charge in [0.1, 0.15) is 35.6 Å². The molecule has 1 aromatic heterocycles. The van der Waals surface area contributed by atoms with E-state index in [4.69, 9.17) is 14.2 Å². The molecule has 3 aromatic rings. The number of carboxylic acid groups (broad SMARTS) is 1. The number of nitrogens with zero attached hydrogens (tertiary/aromatic N) is 4. The Morgan fingerprint density at radius 1 is 0.852 bits per heavy atom. The summed E-state index contributed by atoms with van der Waals surface area (Å²) in [6.45, 7) is 15.7. The number of ketones is 1. The van der Waals surface area contributed by atoms with E-state index in [-0.39, 0.29) is 104 Å². The summed E-state index contributed by atoms with van der Waals surface area (Å²) in [5, 5.41) is 32.7. The molecule has 24 heteroatoms. The molecule has 7 atom stereocenters. The lowest BCUT2D eigenvalue weighted by Crippen LogP contribution is -2.60. The van der Waals surface area contributed by atoms with Crippen molar-refractivity contribution in [3.05, 3.63) is 87.9 Å². The minimum atomic E-state index is -1.02. The molecular formula is C64H93N8O15S+. The number of carboxylic acids is 1. The van der Waals surface area contributed by atoms with Crippen molar-refractivity contribution in [3.8, 4) is 5.75 Å². The van der Waals surface area contributed by atoms with Crippen LogP contribution in [0.3, 0.4) is 0 Å². The van der Waals surface area contributed by atoms with Gasteiger partial charge < -0.3 is 55.1 Å². The zero-order valence-corrected chi connectivity index (χ0v) is 54.0. The van der Waals surface area contributed by atoms with Crippen LogP contribution in [0.15, 0.2) is 66.1 Å². The maximum atomic E-state index is 14.9. The van der Waals surface area contributed by atoms with Crippen LogP contribution in [-0.4, -0.2) is 173 Å². The first-order valence-electron chi connectivity index (χ1n) is 30.1. The van der Waals surface area contributed by atoms with E-state index in [2.05, 4.69) is 26.3 Å². The van der Waals surface area contributed by atoms with Gasteiger partial charge in [0, 0.05) is 100 Å². The molecule has 1 aliphatic heterocycles. The van der Waals surface area contributed by atoms with E-state index in [0.717, 1.165) is 27.4 Å². The number of quaternary nitrogens is 1. The number of hydrogen-bond acceptors (Lipinski definition) is 16. The second kappa shape index (κ2) is 35.0. The molecule has 7 amide bonds. The number of anilines is 1. The number of Topliss-reactive ketones (excluding diaryl/α,β-unsaturated/α-hetero) is 1. The zero-order valence-electron chi connectivity index (χ0n) is 53.2. The highest BCUT2D eigenvalue weighted by Crippen LogP contribution is 2.35. The third-order valence-electron chi connectivity index (χ3n) is 16.5. The minimum Gasteiger partial charge on any atom is -0.508 e. The number of nitrogens with one attached hydrogen (secondary N) is 4. The van der Waals surface area contributed by atoms with E-state index in [1.54, 1.807) is 48.5 Å². The van der Waals surface area contributed by atoms with Crippen LogP contribution >= 0.6 is 11.3 Å². The third-order valence-corrected chi connectivity index (χ3v) is 17.5. The summed E-state index contributed by atoms with van der Waals surface area (Å²) in [4.78, 5) is 138. The van der Waals surface area contributed by atoms with Crippen molar-refractivity contribution in [2.75, 3.05) is 66.5 Å². The van der Waals surface area contributed by atoms with Crippen molar-refractivity contribution >= 4 is 76.1 Å². The summed E-state index contributed by atoms with van der Waals surface area (Å²) in [5.74, 6) is -6.40. The molecule has 0 aliphatic carbocycles. The molecule has 0 bridgehead atoms. The number of aromatic nitrogens is 1. The topological polar surface area (TPSA) is 306 Å². The number of ether oxygens (including phenoxy) is 3. The molecule has 1 unspecified atom stereocenters. The van der Waals surface area contributed by atoms with E-state index < -0.39 is 83.1 Å². The first kappa shape index (κ1) is 73.1. The minimum absolute atomic E-state index is 0.0410. The van der Waals surface area contributed by atoms with Crippen LogP contribution < -0.4 is 21.3 Å². The number of likely N-dealkylation sites (N-methyl/N-ethyl adjacent to an activating group) is 1. The second-order valence-electron chi connectivity index (χ2n) is 24.2. The van der Waals surface area contributed by atoms with Crippen molar-refractivity contribution < 1.29 is 76.9 Å². The van der Waals surface area contributed by atoms with Gasteiger partial charge in [-0.05, 0) is 94.0 Å². The van der Waals surface area contributed by atoms with Crippen molar-refractivity contribution in [2.45, 2.75) is 156 Å². The number of aliphatic carboxylic acids is 1. The summed E-state index contributed by atoms with van der Waals surface area (Å²) < 4.78 is 16.2. The van der Waals surface area contributed by atoms with E-state index in [0.29, 0.717) is 56.1 Å². The number of hydrogen-bond donors (Lipinski definition) is 6. The Bertz CT molecular complexity index is 2870. The summed E-state index contributed by atoms with van der Waals surface area (Å²) in [7, 11) is 7.12. The number of carbonyl (C=O) groups is 10. The Kier molecular flexibility index (Phi) is 29.0. The highest BCUT2D eigenvalue weighted by molar-refractivity contribution is 7.09. The molecule has 2 heterocycles. The fourth-order valence-electron chi connectivity index (χ4n) is 10.2. The second-order valence-corrected chi connectivity index (χ2v) is 25.1. The van der Waals surface area contributed by atoms with Gasteiger partial charge in [0.05, 0.1) is 33.2 Å². The van der Waals surface area contributed by atoms with E-state index in [9.17, 15) is 58.2 Å². The van der Waals surface area contributed by atoms with E-state index >= 15 is 0 Å². The Hall–Kier alpha value is -7.41. The number of rotatable bonds is 39. The third kappa shape index (κ3) is 22.6. The Labute approximate surface area is 521 Å². The van der Waals surface area contributed by atoms with Gasteiger partial charge in [-0.15, -0.1) is 11.3 Å². The first-order chi connectivity index (χ1) is 41.5. The van der Waals surface area contributed by atoms with Gasteiger partial charge in [-0.2, -0.15) is 0 Å². The van der Waals surface area contributed by atoms with Crippen LogP contribution in [0.2, 0.25) is 0 Å². The smallest absolute Gasteiger partial charge is 0.306 e. The summed E-state index contributed by atoms with van der Waals surface area (Å²) in [6, 6.07) is 11.5. The molecule has 0 saturated heterocycles. The van der Waals surface area contributed by atoms with Crippen LogP contribution in [0.25, 0.3) is 0 Å². The van der Waals surface area contributed by atoms with Gasteiger partial charge in [-0.1, -0.05) is 65.3 Å². The molecule has 4 rings (SSSR count). The quantitative estimate of drug-likeness (QED) is 0.0153. The number of imide groups is 1. The molecule has 88 heavy (non-hydrogen) atoms. The predicted octanol–water partition coefficient (Wildman–Crippen LogP) is 6.53. The van der Waals surface area contributed by atoms with E-state index in [1.165, 1.54) is 38.3 Å². The van der Waals surface area contributed by atoms with Gasteiger partial charge in [0.25, 0.3) is 17.7 Å². The lowest BCUT2D eigenvalue weighted by atomic mass is 9.80. The van der Waals surface area contributed by atoms with Crippen molar-refractivity contribution in [1.29, 1.82) is 0 Å². The van der Waals surface area contributed by atoms with Gasteiger partial charge in [-0.3, -0.25) is 52.8 Å². The molecule has 23 nitrogen and oxygen atoms in total. The number of methoxy groups -OCH3 is 1. The lowest BCUT2D eigenvalue weighted by molar-refractivity contribution is -0.940. The molecule has 0 fully saturated rings. The fourth-order valence-corrected chi connectivity index (χ4v) is 11.0. The van der Waals surface area contributed by atoms with Crippen LogP contribution in [0, 0.1) is 23.7 Å². The van der Waals surface area contributed by atoms with Crippen LogP contribution in [0.1, 0.15) is 146 Å². The van der Waals surface area contributed by atoms with Crippen LogP contribution in [0.4, 0.5) is 5.69 Å². The largest absolute Gasteiger partial charge is 0.508 e. The normalized spacial score (nSPS) is 14.9. The molecule has 2 aromatic carbocycles. The number of aromatic hydroxyl groups is 1. The molecule has 1 aliphatic rings. The highest BCUT2D eigenvalue weighted by Gasteiger charge is 2.46. The average Bonchev–Trinajstić information content (AvgIpc) is 2.01. The maximum absolute atomic E-state index is 14.9. The molecule has 484 valence electrons. The molecule has 0 radical (unpaired) electrons. The summed E-state index contributed by atoms with van der Waals surface area (Å²) in [5.41, 5.74) is 1.13. The number of benzene rings is 2. The summed E-state index contributed by atoms with van der Waals surface area (Å²) >= 11 is 1.12. The van der Waals surface area contributed by atoms with Gasteiger partial charge in [0.2, 0.25) is 23.6 Å². The number of amides is 7. The number of phenolic OH excluding ortho intramolecular Hbond substituents is 1. The SMILES string of the molecule is CC[C@H](C)[C@H](CC(=O)C(C)(C)[N+](C)(C)Cc1ccc(NC(=O)[C@H](CCCCNC(=O)COCCOC)NC(=O)CCCN2C(=O)C=CC2=O)cc1)C(=O)N(C)[C@H](C[C@@H](OC(C)=O)c1nc(C(=O)N[C@@H](Cc2ccc(O)cc2)CC(C)C(=O)O)cs1)C(C)C. The van der Waals surface area contributed by atoms with Crippen LogP contribution in [0.5, 0.6) is 5.75 Å². The summed E-state index contributed by atoms with van der Waals surface area (Å²) in [6.07, 6.45) is 3.88. The van der Waals surface area contributed by atoms with Gasteiger partial charge >= 0.3 is 11.9 Å². The van der Waals surface area contributed by atoms with Crippen LogP contribution in [-0.2, 0) is 70.3 Å². The lowest BCUT2D eigenvalue weighted by Gasteiger charge is -2.44. The monoisotopic (exact) mass is 1250 g/mol. The Morgan fingerprint density at radius 3 is 2.10 bits per heavy atom. The zero-order chi connectivity index (χ0) is 65.5. The first-order valence-corrected chi connectivity index (χ1v) is 31.0. The number of unbranched alkanes of at least 4 members (excludes halogenated alkanes) is 1. The number of phenols is 1. The Morgan fingerprint density at radius 2 is 1.50 bits per heavy atom. The Balaban J connectivity index is 1.44. The highest BCUT2D eigenvalue weighted by atomic mass is 32.1. The fraction of sp³-hybridized carbons (Fsp3) is 0.578. The predicted molar refractivity (Wildman–Crippen MR) is 331 cm³/mol. The molecule has 0 saturated carbocycles. The molecule has 0 spiro atoms.